The fourth-order valence-corrected chi connectivity index (χ4v) is 1.70. The molecule has 1 aromatic heterocycles. The average Bonchev–Trinajstić information content (AvgIpc) is 2.59. The number of aryl methyl sites for hydroxylation is 1. The largest absolute Gasteiger partial charge is 0.461 e. The van der Waals surface area contributed by atoms with Crippen LogP contribution in [0.2, 0.25) is 0 Å². The molecule has 0 saturated heterocycles. The Hall–Kier alpha value is -1.53. The zero-order chi connectivity index (χ0) is 13.2. The minimum atomic E-state index is -4.33. The monoisotopic (exact) mass is 259 g/mol. The lowest BCUT2D eigenvalue weighted by Crippen LogP contribution is -2.24. The van der Waals surface area contributed by atoms with Crippen LogP contribution in [0.5, 0.6) is 0 Å². The number of nitrogens with one attached hydrogen (secondary N) is 1. The fraction of sp³-hybridized carbons (Fsp3) is 0.333. The van der Waals surface area contributed by atoms with Crippen LogP contribution in [0.4, 0.5) is 13.2 Å². The highest BCUT2D eigenvalue weighted by Gasteiger charge is 2.27. The molecule has 2 rings (SSSR count). The molecule has 6 heteroatoms. The van der Waals surface area contributed by atoms with Crippen LogP contribution < -0.4 is 5.48 Å². The van der Waals surface area contributed by atoms with Crippen LogP contribution in [0.3, 0.4) is 0 Å². The van der Waals surface area contributed by atoms with Gasteiger partial charge in [-0.25, -0.2) is 0 Å². The van der Waals surface area contributed by atoms with Gasteiger partial charge in [-0.3, -0.25) is 4.84 Å². The lowest BCUT2D eigenvalue weighted by molar-refractivity contribution is -0.190. The predicted molar refractivity (Wildman–Crippen MR) is 59.8 cm³/mol. The van der Waals surface area contributed by atoms with Crippen LogP contribution >= 0.6 is 0 Å². The van der Waals surface area contributed by atoms with Gasteiger partial charge in [-0.15, -0.1) is 0 Å². The van der Waals surface area contributed by atoms with Crippen molar-refractivity contribution in [1.29, 1.82) is 0 Å². The summed E-state index contributed by atoms with van der Waals surface area (Å²) in [5, 5.41) is 0.873. The molecular weight excluding hydrogens is 247 g/mol. The van der Waals surface area contributed by atoms with E-state index in [1.807, 2.05) is 24.3 Å². The molecule has 0 unspecified atom stereocenters. The molecule has 18 heavy (non-hydrogen) atoms. The van der Waals surface area contributed by atoms with Crippen molar-refractivity contribution in [1.82, 2.24) is 5.48 Å². The first-order chi connectivity index (χ1) is 8.47. The van der Waals surface area contributed by atoms with Gasteiger partial charge in [0.05, 0.1) is 6.54 Å². The van der Waals surface area contributed by atoms with Crippen LogP contribution in [-0.2, 0) is 11.4 Å². The lowest BCUT2D eigenvalue weighted by Gasteiger charge is -2.08. The molecule has 1 N–H and O–H groups in total. The summed E-state index contributed by atoms with van der Waals surface area (Å²) in [6.45, 7) is 0.613. The third kappa shape index (κ3) is 3.02. The summed E-state index contributed by atoms with van der Waals surface area (Å²) < 4.78 is 41.1. The molecule has 3 nitrogen and oxygen atoms in total. The van der Waals surface area contributed by atoms with E-state index in [2.05, 4.69) is 10.3 Å². The second-order valence-corrected chi connectivity index (χ2v) is 3.86. The number of benzene rings is 1. The Morgan fingerprint density at radius 3 is 2.72 bits per heavy atom. The van der Waals surface area contributed by atoms with Crippen molar-refractivity contribution in [2.24, 2.45) is 0 Å². The molecule has 98 valence electrons. The Balaban J connectivity index is 2.01. The highest BCUT2D eigenvalue weighted by molar-refractivity contribution is 5.82. The molecule has 0 aliphatic heterocycles. The Kier molecular flexibility index (Phi) is 3.58. The molecule has 0 aliphatic rings. The zero-order valence-corrected chi connectivity index (χ0v) is 9.67. The van der Waals surface area contributed by atoms with E-state index in [-0.39, 0.29) is 6.54 Å². The van der Waals surface area contributed by atoms with E-state index < -0.39 is 12.8 Å². The summed E-state index contributed by atoms with van der Waals surface area (Å²) in [4.78, 5) is 4.36. The van der Waals surface area contributed by atoms with E-state index in [0.29, 0.717) is 11.3 Å². The fourth-order valence-electron chi connectivity index (χ4n) is 1.70. The van der Waals surface area contributed by atoms with Gasteiger partial charge >= 0.3 is 6.18 Å². The normalized spacial score (nSPS) is 12.2. The number of alkyl halides is 3. The van der Waals surface area contributed by atoms with Gasteiger partial charge in [0.15, 0.2) is 6.61 Å². The van der Waals surface area contributed by atoms with Crippen LogP contribution in [-0.4, -0.2) is 12.8 Å². The van der Waals surface area contributed by atoms with Crippen molar-refractivity contribution >= 4 is 11.0 Å². The van der Waals surface area contributed by atoms with Crippen LogP contribution in [0.15, 0.2) is 28.7 Å². The molecule has 2 aromatic rings. The third-order valence-electron chi connectivity index (χ3n) is 2.49. The SMILES string of the molecule is Cc1oc2ccccc2c1CNOCC(F)(F)F. The van der Waals surface area contributed by atoms with E-state index in [0.717, 1.165) is 10.9 Å². The number of halogens is 3. The summed E-state index contributed by atoms with van der Waals surface area (Å²) in [7, 11) is 0. The van der Waals surface area contributed by atoms with Gasteiger partial charge in [-0.2, -0.15) is 18.7 Å². The molecule has 1 aromatic carbocycles. The van der Waals surface area contributed by atoms with Gasteiger partial charge in [0.25, 0.3) is 0 Å². The van der Waals surface area contributed by atoms with Gasteiger partial charge in [0.1, 0.15) is 11.3 Å². The molecule has 1 heterocycles. The van der Waals surface area contributed by atoms with Crippen molar-refractivity contribution < 1.29 is 22.4 Å². The Labute approximate surface area is 101 Å². The zero-order valence-electron chi connectivity index (χ0n) is 9.67. The standard InChI is InChI=1S/C12H12F3NO2/c1-8-10(6-16-17-7-12(13,14)15)9-4-2-3-5-11(9)18-8/h2-5,16H,6-7H2,1H3. The van der Waals surface area contributed by atoms with Gasteiger partial charge in [0.2, 0.25) is 0 Å². The first kappa shape index (κ1) is 12.9. The first-order valence-corrected chi connectivity index (χ1v) is 5.36. The first-order valence-electron chi connectivity index (χ1n) is 5.36. The van der Waals surface area contributed by atoms with E-state index in [9.17, 15) is 13.2 Å². The van der Waals surface area contributed by atoms with E-state index in [4.69, 9.17) is 4.42 Å². The Morgan fingerprint density at radius 1 is 1.28 bits per heavy atom. The molecule has 0 bridgehead atoms. The van der Waals surface area contributed by atoms with Crippen molar-refractivity contribution in [3.05, 3.63) is 35.6 Å². The van der Waals surface area contributed by atoms with Gasteiger partial charge in [0, 0.05) is 10.9 Å². The molecule has 0 amide bonds. The Morgan fingerprint density at radius 2 is 2.00 bits per heavy atom. The maximum Gasteiger partial charge on any atom is 0.413 e. The molecule has 0 radical (unpaired) electrons. The van der Waals surface area contributed by atoms with Gasteiger partial charge in [-0.05, 0) is 13.0 Å². The summed E-state index contributed by atoms with van der Waals surface area (Å²) in [6, 6.07) is 7.34. The van der Waals surface area contributed by atoms with Crippen molar-refractivity contribution in [3.8, 4) is 0 Å². The predicted octanol–water partition coefficient (Wildman–Crippen LogP) is 3.32. The molecule has 0 atom stereocenters. The summed E-state index contributed by atoms with van der Waals surface area (Å²) in [6.07, 6.45) is -4.33. The van der Waals surface area contributed by atoms with Crippen LogP contribution in [0.1, 0.15) is 11.3 Å². The topological polar surface area (TPSA) is 34.4 Å². The average molecular weight is 259 g/mol. The molecular formula is C12H12F3NO2. The highest BCUT2D eigenvalue weighted by Crippen LogP contribution is 2.25. The number of hydrogen-bond acceptors (Lipinski definition) is 3. The van der Waals surface area contributed by atoms with Crippen LogP contribution in [0, 0.1) is 6.92 Å². The minimum absolute atomic E-state index is 0.166. The van der Waals surface area contributed by atoms with E-state index >= 15 is 0 Å². The van der Waals surface area contributed by atoms with E-state index in [1.54, 1.807) is 6.92 Å². The quantitative estimate of drug-likeness (QED) is 0.675. The summed E-state index contributed by atoms with van der Waals surface area (Å²) in [5.41, 5.74) is 3.81. The van der Waals surface area contributed by atoms with E-state index in [1.165, 1.54) is 0 Å². The molecule has 0 aliphatic carbocycles. The smallest absolute Gasteiger partial charge is 0.413 e. The second-order valence-electron chi connectivity index (χ2n) is 3.86. The number of furan rings is 1. The third-order valence-corrected chi connectivity index (χ3v) is 2.49. The maximum absolute atomic E-state index is 11.9. The van der Waals surface area contributed by atoms with Gasteiger partial charge < -0.3 is 4.42 Å². The Bertz CT molecular complexity index is 534. The minimum Gasteiger partial charge on any atom is -0.461 e. The number of fused-ring (bicyclic) bond motifs is 1. The second kappa shape index (κ2) is 4.99. The lowest BCUT2D eigenvalue weighted by atomic mass is 10.1. The molecule has 0 fully saturated rings. The summed E-state index contributed by atoms with van der Waals surface area (Å²) in [5.74, 6) is 0.666. The van der Waals surface area contributed by atoms with Crippen LogP contribution in [0.25, 0.3) is 11.0 Å². The number of rotatable bonds is 4. The van der Waals surface area contributed by atoms with Crippen molar-refractivity contribution in [2.45, 2.75) is 19.6 Å². The number of hydrogen-bond donors (Lipinski definition) is 1. The highest BCUT2D eigenvalue weighted by atomic mass is 19.4. The molecule has 0 spiro atoms. The van der Waals surface area contributed by atoms with Crippen molar-refractivity contribution in [3.63, 3.8) is 0 Å². The van der Waals surface area contributed by atoms with Crippen molar-refractivity contribution in [2.75, 3.05) is 6.61 Å². The maximum atomic E-state index is 11.9. The molecule has 0 saturated carbocycles. The summed E-state index contributed by atoms with van der Waals surface area (Å²) >= 11 is 0. The number of para-hydroxylation sites is 1. The number of hydroxylamine groups is 1. The van der Waals surface area contributed by atoms with Gasteiger partial charge in [-0.1, -0.05) is 18.2 Å².